The third kappa shape index (κ3) is 9.40. The van der Waals surface area contributed by atoms with Crippen LogP contribution in [0.4, 0.5) is 5.69 Å². The number of anilines is 1. The molecule has 0 radical (unpaired) electrons. The SMILES string of the molecule is CCC(/N=C\C(=C/N)C(=O)N[C@H]1CC[C@H](Oc2ccc(C#N)c3ncccc23)CC1)N1CCC(CN2CCN(c3ccc4c(c3)CN([C@H]3CCC(=O)NC3=O)C4=O)CC2)CC1. The lowest BCUT2D eigenvalue weighted by molar-refractivity contribution is -0.137. The van der Waals surface area contributed by atoms with Gasteiger partial charge in [0.2, 0.25) is 11.8 Å². The molecule has 4 amide bonds. The van der Waals surface area contributed by atoms with Crippen molar-refractivity contribution in [3.63, 3.8) is 0 Å². The number of nitriles is 1. The van der Waals surface area contributed by atoms with Gasteiger partial charge in [-0.2, -0.15) is 5.26 Å². The van der Waals surface area contributed by atoms with E-state index in [0.29, 0.717) is 41.1 Å². The van der Waals surface area contributed by atoms with Crippen molar-refractivity contribution >= 4 is 46.4 Å². The quantitative estimate of drug-likeness (QED) is 0.137. The smallest absolute Gasteiger partial charge is 0.255 e. The van der Waals surface area contributed by atoms with Crippen LogP contribution in [0, 0.1) is 17.2 Å². The molecule has 5 aliphatic rings. The Morgan fingerprint density at radius 3 is 2.54 bits per heavy atom. The number of pyridine rings is 1. The van der Waals surface area contributed by atoms with Gasteiger partial charge in [-0.1, -0.05) is 6.92 Å². The van der Waals surface area contributed by atoms with Crippen LogP contribution in [0.25, 0.3) is 10.9 Å². The first kappa shape index (κ1) is 41.9. The zero-order valence-electron chi connectivity index (χ0n) is 34.9. The van der Waals surface area contributed by atoms with Crippen molar-refractivity contribution in [2.45, 2.75) is 95.6 Å². The molecule has 4 aliphatic heterocycles. The molecule has 3 aromatic rings. The molecule has 0 spiro atoms. The minimum atomic E-state index is -0.607. The van der Waals surface area contributed by atoms with E-state index in [9.17, 15) is 24.4 Å². The molecular weight excluding hydrogens is 773 g/mol. The third-order valence-electron chi connectivity index (χ3n) is 13.2. The van der Waals surface area contributed by atoms with Crippen molar-refractivity contribution < 1.29 is 23.9 Å². The number of nitrogens with one attached hydrogen (secondary N) is 2. The first-order chi connectivity index (χ1) is 29.7. The number of nitrogens with two attached hydrogens (primary N) is 1. The number of nitrogens with zero attached hydrogens (tertiary/aromatic N) is 7. The van der Waals surface area contributed by atoms with E-state index in [1.807, 2.05) is 30.3 Å². The number of benzene rings is 2. The van der Waals surface area contributed by atoms with E-state index in [4.69, 9.17) is 15.5 Å². The van der Waals surface area contributed by atoms with E-state index in [0.717, 1.165) is 113 Å². The minimum absolute atomic E-state index is 0.00963. The number of ether oxygens (including phenoxy) is 1. The molecule has 15 heteroatoms. The van der Waals surface area contributed by atoms with Gasteiger partial charge in [-0.05, 0) is 105 Å². The molecule has 0 bridgehead atoms. The Morgan fingerprint density at radius 1 is 1.03 bits per heavy atom. The summed E-state index contributed by atoms with van der Waals surface area (Å²) in [5, 5.41) is 15.8. The van der Waals surface area contributed by atoms with Gasteiger partial charge in [-0.25, -0.2) is 0 Å². The van der Waals surface area contributed by atoms with Gasteiger partial charge in [0.15, 0.2) is 0 Å². The Kier molecular flexibility index (Phi) is 12.9. The lowest BCUT2D eigenvalue weighted by Crippen LogP contribution is -2.52. The summed E-state index contributed by atoms with van der Waals surface area (Å²) in [5.74, 6) is 0.310. The van der Waals surface area contributed by atoms with E-state index in [1.54, 1.807) is 23.4 Å². The topological polar surface area (TPSA) is 190 Å². The fraction of sp³-hybridized carbons (Fsp3) is 0.500. The van der Waals surface area contributed by atoms with E-state index in [2.05, 4.69) is 49.4 Å². The van der Waals surface area contributed by atoms with Crippen molar-refractivity contribution in [3.05, 3.63) is 77.1 Å². The fourth-order valence-electron chi connectivity index (χ4n) is 9.66. The highest BCUT2D eigenvalue weighted by molar-refractivity contribution is 6.12. The molecule has 4 N–H and O–H groups in total. The molecule has 1 aromatic heterocycles. The normalized spacial score (nSPS) is 23.8. The highest BCUT2D eigenvalue weighted by Gasteiger charge is 2.39. The van der Waals surface area contributed by atoms with Crippen LogP contribution in [0.3, 0.4) is 0 Å². The molecular formula is C46H56N10O5. The second-order valence-electron chi connectivity index (χ2n) is 17.0. The zero-order valence-corrected chi connectivity index (χ0v) is 34.9. The van der Waals surface area contributed by atoms with Gasteiger partial charge in [-0.15, -0.1) is 0 Å². The summed E-state index contributed by atoms with van der Waals surface area (Å²) >= 11 is 0. The first-order valence-corrected chi connectivity index (χ1v) is 21.9. The summed E-state index contributed by atoms with van der Waals surface area (Å²) in [6.45, 7) is 9.26. The first-order valence-electron chi connectivity index (χ1n) is 21.9. The molecule has 15 nitrogen and oxygen atoms in total. The highest BCUT2D eigenvalue weighted by atomic mass is 16.5. The van der Waals surface area contributed by atoms with E-state index in [-0.39, 0.29) is 48.4 Å². The van der Waals surface area contributed by atoms with E-state index < -0.39 is 6.04 Å². The van der Waals surface area contributed by atoms with Crippen molar-refractivity contribution in [3.8, 4) is 11.8 Å². The van der Waals surface area contributed by atoms with Gasteiger partial charge in [0.1, 0.15) is 24.0 Å². The number of rotatable bonds is 12. The Bertz CT molecular complexity index is 2230. The predicted molar refractivity (Wildman–Crippen MR) is 232 cm³/mol. The van der Waals surface area contributed by atoms with E-state index >= 15 is 0 Å². The Labute approximate surface area is 357 Å². The van der Waals surface area contributed by atoms with Crippen LogP contribution in [0.2, 0.25) is 0 Å². The van der Waals surface area contributed by atoms with Crippen LogP contribution in [0.5, 0.6) is 5.75 Å². The molecule has 61 heavy (non-hydrogen) atoms. The number of carbonyl (C=O) groups is 4. The molecule has 1 aliphatic carbocycles. The average molecular weight is 829 g/mol. The molecule has 1 unspecified atom stereocenters. The summed E-state index contributed by atoms with van der Waals surface area (Å²) < 4.78 is 6.38. The number of carbonyl (C=O) groups excluding carboxylic acids is 4. The summed E-state index contributed by atoms with van der Waals surface area (Å²) in [4.78, 5) is 68.8. The van der Waals surface area contributed by atoms with Crippen molar-refractivity contribution in [2.75, 3.05) is 50.7 Å². The molecule has 2 atom stereocenters. The predicted octanol–water partition coefficient (Wildman–Crippen LogP) is 3.86. The number of hydrogen-bond donors (Lipinski definition) is 3. The van der Waals surface area contributed by atoms with Crippen LogP contribution in [0.1, 0.15) is 86.2 Å². The minimum Gasteiger partial charge on any atom is -0.490 e. The molecule has 5 heterocycles. The van der Waals surface area contributed by atoms with Gasteiger partial charge in [0, 0.05) is 100 Å². The zero-order chi connectivity index (χ0) is 42.5. The number of aliphatic imine (C=N–C) groups is 1. The van der Waals surface area contributed by atoms with Crippen molar-refractivity contribution in [1.82, 2.24) is 30.3 Å². The Morgan fingerprint density at radius 2 is 1.82 bits per heavy atom. The lowest BCUT2D eigenvalue weighted by atomic mass is 9.92. The summed E-state index contributed by atoms with van der Waals surface area (Å²) in [5.41, 5.74) is 10.2. The number of hydrogen-bond acceptors (Lipinski definition) is 12. The van der Waals surface area contributed by atoms with Crippen molar-refractivity contribution in [1.29, 1.82) is 5.26 Å². The van der Waals surface area contributed by atoms with Crippen molar-refractivity contribution in [2.24, 2.45) is 16.6 Å². The molecule has 1 saturated carbocycles. The lowest BCUT2D eigenvalue weighted by Gasteiger charge is -2.40. The van der Waals surface area contributed by atoms with Crippen LogP contribution in [-0.2, 0) is 20.9 Å². The maximum absolute atomic E-state index is 13.3. The molecule has 8 rings (SSSR count). The second kappa shape index (κ2) is 18.8. The maximum Gasteiger partial charge on any atom is 0.255 e. The standard InChI is InChI=1S/C46H56N10O5/c1-2-41(50-27-33(26-48)44(58)51-34-6-9-36(10-7-34)61-40-13-5-31(25-47)43-38(40)4-3-17-49-43)55-18-15-30(16-19-55)28-53-20-22-54(23-21-53)35-8-11-37-32(24-35)29-56(46(37)60)39-12-14-42(57)52-45(39)59/h3-5,8,11,13,17,24,26-27,30,34,36,39,41H,2,6-7,9-10,12,14-16,18-23,28-29,48H2,1H3,(H,51,58)(H,52,57,59)/b33-26+,50-27-/t34-,36-,39-,41?/m0/s1. The van der Waals surface area contributed by atoms with Gasteiger partial charge in [-0.3, -0.25) is 44.3 Å². The number of fused-ring (bicyclic) bond motifs is 2. The molecule has 3 saturated heterocycles. The molecule has 2 aromatic carbocycles. The van der Waals surface area contributed by atoms with Crippen LogP contribution < -0.4 is 26.0 Å². The number of imide groups is 1. The summed E-state index contributed by atoms with van der Waals surface area (Å²) in [6, 6.07) is 15.0. The van der Waals surface area contributed by atoms with Gasteiger partial charge < -0.3 is 25.6 Å². The number of aromatic nitrogens is 1. The number of piperazine rings is 1. The fourth-order valence-corrected chi connectivity index (χ4v) is 9.66. The molecule has 4 fully saturated rings. The number of likely N-dealkylation sites (tertiary alicyclic amines) is 1. The second-order valence-corrected chi connectivity index (χ2v) is 17.0. The Balaban J connectivity index is 0.751. The van der Waals surface area contributed by atoms with Crippen LogP contribution >= 0.6 is 0 Å². The van der Waals surface area contributed by atoms with E-state index in [1.165, 1.54) is 6.20 Å². The number of piperidine rings is 2. The van der Waals surface area contributed by atoms with Gasteiger partial charge in [0.25, 0.3) is 11.8 Å². The van der Waals surface area contributed by atoms with Crippen LogP contribution in [-0.4, -0.2) is 120 Å². The summed E-state index contributed by atoms with van der Waals surface area (Å²) in [6.07, 6.45) is 11.4. The largest absolute Gasteiger partial charge is 0.490 e. The van der Waals surface area contributed by atoms with Gasteiger partial charge >= 0.3 is 0 Å². The third-order valence-corrected chi connectivity index (χ3v) is 13.2. The average Bonchev–Trinajstić information content (AvgIpc) is 3.61. The highest BCUT2D eigenvalue weighted by Crippen LogP contribution is 2.33. The van der Waals surface area contributed by atoms with Crippen LogP contribution in [0.15, 0.2) is 65.4 Å². The summed E-state index contributed by atoms with van der Waals surface area (Å²) in [7, 11) is 0. The monoisotopic (exact) mass is 828 g/mol. The Hall–Kier alpha value is -5.85. The molecule has 320 valence electrons. The number of amides is 4. The van der Waals surface area contributed by atoms with Gasteiger partial charge in [0.05, 0.1) is 22.8 Å². The maximum atomic E-state index is 13.3.